The third-order valence-corrected chi connectivity index (χ3v) is 5.17. The van der Waals surface area contributed by atoms with Crippen LogP contribution < -0.4 is 15.5 Å². The number of amides is 2. The van der Waals surface area contributed by atoms with Crippen molar-refractivity contribution in [2.24, 2.45) is 0 Å². The zero-order valence-electron chi connectivity index (χ0n) is 16.3. The van der Waals surface area contributed by atoms with E-state index in [4.69, 9.17) is 11.6 Å². The molecule has 2 amide bonds. The van der Waals surface area contributed by atoms with Crippen molar-refractivity contribution in [3.63, 3.8) is 0 Å². The summed E-state index contributed by atoms with van der Waals surface area (Å²) in [4.78, 5) is 28.3. The molecule has 0 unspecified atom stereocenters. The fraction of sp³-hybridized carbons (Fsp3) is 0.333. The Morgan fingerprint density at radius 2 is 1.79 bits per heavy atom. The molecule has 0 aromatic heterocycles. The number of nitrogens with one attached hydrogen (secondary N) is 2. The minimum atomic E-state index is -0.722. The highest BCUT2D eigenvalue weighted by molar-refractivity contribution is 6.40. The number of aryl methyl sites for hydroxylation is 1. The summed E-state index contributed by atoms with van der Waals surface area (Å²) >= 11 is 5.93. The molecule has 154 valence electrons. The molecule has 0 aliphatic carbocycles. The molecule has 0 atom stereocenters. The number of carbonyl (C=O) groups is 2. The van der Waals surface area contributed by atoms with Crippen LogP contribution >= 0.6 is 11.6 Å². The summed E-state index contributed by atoms with van der Waals surface area (Å²) in [7, 11) is 0. The first-order valence-corrected chi connectivity index (χ1v) is 9.89. The van der Waals surface area contributed by atoms with Gasteiger partial charge in [-0.15, -0.1) is 0 Å². The summed E-state index contributed by atoms with van der Waals surface area (Å²) < 4.78 is 13.9. The molecular weight excluding hydrogens is 395 g/mol. The summed E-state index contributed by atoms with van der Waals surface area (Å²) in [5, 5.41) is 5.70. The average molecular weight is 419 g/mol. The molecule has 2 N–H and O–H groups in total. The molecule has 8 heteroatoms. The number of benzene rings is 2. The van der Waals surface area contributed by atoms with Crippen LogP contribution in [-0.4, -0.2) is 56.0 Å². The van der Waals surface area contributed by atoms with Crippen molar-refractivity contribution in [2.45, 2.75) is 6.92 Å². The van der Waals surface area contributed by atoms with Crippen LogP contribution in [0.2, 0.25) is 5.02 Å². The van der Waals surface area contributed by atoms with Crippen molar-refractivity contribution in [3.8, 4) is 0 Å². The van der Waals surface area contributed by atoms with Gasteiger partial charge in [-0.2, -0.15) is 0 Å². The fourth-order valence-electron chi connectivity index (χ4n) is 3.24. The second-order valence-electron chi connectivity index (χ2n) is 6.95. The minimum absolute atomic E-state index is 0.214. The van der Waals surface area contributed by atoms with Crippen LogP contribution in [0.5, 0.6) is 0 Å². The maximum atomic E-state index is 13.9. The largest absolute Gasteiger partial charge is 0.367 e. The average Bonchev–Trinajstić information content (AvgIpc) is 2.71. The quantitative estimate of drug-likeness (QED) is 0.733. The Morgan fingerprint density at radius 1 is 1.07 bits per heavy atom. The molecule has 1 fully saturated rings. The molecule has 1 aliphatic rings. The van der Waals surface area contributed by atoms with Crippen molar-refractivity contribution >= 4 is 34.8 Å². The van der Waals surface area contributed by atoms with E-state index in [0.717, 1.165) is 18.7 Å². The minimum Gasteiger partial charge on any atom is -0.367 e. The van der Waals surface area contributed by atoms with Gasteiger partial charge < -0.3 is 15.5 Å². The van der Waals surface area contributed by atoms with Gasteiger partial charge in [0, 0.05) is 50.0 Å². The molecule has 2 aromatic rings. The molecule has 1 heterocycles. The van der Waals surface area contributed by atoms with E-state index in [1.54, 1.807) is 30.3 Å². The van der Waals surface area contributed by atoms with Crippen LogP contribution in [0.3, 0.4) is 0 Å². The van der Waals surface area contributed by atoms with Gasteiger partial charge in [0.2, 0.25) is 0 Å². The number of nitrogens with zero attached hydrogens (tertiary/aromatic N) is 2. The topological polar surface area (TPSA) is 64.7 Å². The summed E-state index contributed by atoms with van der Waals surface area (Å²) in [5.74, 6) is -1.62. The smallest absolute Gasteiger partial charge is 0.313 e. The predicted octanol–water partition coefficient (Wildman–Crippen LogP) is 2.66. The molecule has 2 aromatic carbocycles. The van der Waals surface area contributed by atoms with E-state index >= 15 is 0 Å². The molecule has 6 nitrogen and oxygen atoms in total. The maximum absolute atomic E-state index is 13.9. The summed E-state index contributed by atoms with van der Waals surface area (Å²) in [6, 6.07) is 11.9. The molecular formula is C21H24ClFN4O2. The normalized spacial score (nSPS) is 14.5. The molecule has 1 saturated heterocycles. The first kappa shape index (κ1) is 21.1. The Kier molecular flexibility index (Phi) is 7.06. The molecule has 29 heavy (non-hydrogen) atoms. The number of para-hydroxylation sites is 1. The molecule has 0 saturated carbocycles. The molecule has 0 spiro atoms. The molecule has 0 radical (unpaired) electrons. The van der Waals surface area contributed by atoms with Crippen LogP contribution in [0, 0.1) is 12.7 Å². The Bertz CT molecular complexity index is 885. The van der Waals surface area contributed by atoms with E-state index in [2.05, 4.69) is 15.5 Å². The van der Waals surface area contributed by atoms with Crippen LogP contribution in [0.15, 0.2) is 42.5 Å². The van der Waals surface area contributed by atoms with Gasteiger partial charge in [-0.3, -0.25) is 14.5 Å². The van der Waals surface area contributed by atoms with Crippen molar-refractivity contribution < 1.29 is 14.0 Å². The molecule has 1 aliphatic heterocycles. The van der Waals surface area contributed by atoms with Gasteiger partial charge in [-0.1, -0.05) is 29.8 Å². The van der Waals surface area contributed by atoms with Gasteiger partial charge in [0.15, 0.2) is 0 Å². The SMILES string of the molecule is Cc1ccc(Cl)cc1NC(=O)C(=O)NCCN1CCN(c2ccccc2F)CC1. The number of carbonyl (C=O) groups excluding carboxylic acids is 2. The lowest BCUT2D eigenvalue weighted by molar-refractivity contribution is -0.136. The van der Waals surface area contributed by atoms with E-state index in [-0.39, 0.29) is 5.82 Å². The van der Waals surface area contributed by atoms with E-state index in [0.29, 0.717) is 42.6 Å². The Balaban J connectivity index is 1.40. The summed E-state index contributed by atoms with van der Waals surface area (Å²) in [6.45, 7) is 5.76. The van der Waals surface area contributed by atoms with E-state index in [9.17, 15) is 14.0 Å². The third kappa shape index (κ3) is 5.68. The zero-order valence-corrected chi connectivity index (χ0v) is 17.0. The monoisotopic (exact) mass is 418 g/mol. The highest BCUT2D eigenvalue weighted by Gasteiger charge is 2.20. The lowest BCUT2D eigenvalue weighted by atomic mass is 10.2. The summed E-state index contributed by atoms with van der Waals surface area (Å²) in [5.41, 5.74) is 1.96. The van der Waals surface area contributed by atoms with Gasteiger partial charge >= 0.3 is 11.8 Å². The van der Waals surface area contributed by atoms with Crippen LogP contribution in [-0.2, 0) is 9.59 Å². The highest BCUT2D eigenvalue weighted by atomic mass is 35.5. The van der Waals surface area contributed by atoms with E-state index in [1.807, 2.05) is 17.9 Å². The fourth-order valence-corrected chi connectivity index (χ4v) is 3.41. The summed E-state index contributed by atoms with van der Waals surface area (Å²) in [6.07, 6.45) is 0. The third-order valence-electron chi connectivity index (χ3n) is 4.93. The van der Waals surface area contributed by atoms with Crippen molar-refractivity contribution in [1.82, 2.24) is 10.2 Å². The second-order valence-corrected chi connectivity index (χ2v) is 7.39. The molecule has 0 bridgehead atoms. The van der Waals surface area contributed by atoms with Crippen molar-refractivity contribution in [2.75, 3.05) is 49.5 Å². The van der Waals surface area contributed by atoms with Crippen molar-refractivity contribution in [1.29, 1.82) is 0 Å². The lowest BCUT2D eigenvalue weighted by Crippen LogP contribution is -2.49. The lowest BCUT2D eigenvalue weighted by Gasteiger charge is -2.36. The Morgan fingerprint density at radius 3 is 2.52 bits per heavy atom. The van der Waals surface area contributed by atoms with Crippen molar-refractivity contribution in [3.05, 3.63) is 58.9 Å². The standard InChI is InChI=1S/C21H24ClFN4O2/c1-15-6-7-16(22)14-18(15)25-21(29)20(28)24-8-9-26-10-12-27(13-11-26)19-5-3-2-4-17(19)23/h2-7,14H,8-13H2,1H3,(H,24,28)(H,25,29). The number of halogens is 2. The van der Waals surface area contributed by atoms with Crippen LogP contribution in [0.1, 0.15) is 5.56 Å². The van der Waals surface area contributed by atoms with Gasteiger partial charge in [-0.25, -0.2) is 4.39 Å². The number of rotatable bonds is 5. The van der Waals surface area contributed by atoms with E-state index < -0.39 is 11.8 Å². The Labute approximate surface area is 174 Å². The van der Waals surface area contributed by atoms with Gasteiger partial charge in [0.25, 0.3) is 0 Å². The van der Waals surface area contributed by atoms with E-state index in [1.165, 1.54) is 6.07 Å². The first-order chi connectivity index (χ1) is 13.9. The first-order valence-electron chi connectivity index (χ1n) is 9.51. The predicted molar refractivity (Wildman–Crippen MR) is 113 cm³/mol. The Hall–Kier alpha value is -2.64. The number of piperazine rings is 1. The maximum Gasteiger partial charge on any atom is 0.313 e. The van der Waals surface area contributed by atoms with Gasteiger partial charge in [-0.05, 0) is 36.8 Å². The zero-order chi connectivity index (χ0) is 20.8. The number of anilines is 2. The second kappa shape index (κ2) is 9.71. The van der Waals surface area contributed by atoms with Gasteiger partial charge in [0.05, 0.1) is 5.69 Å². The molecule has 3 rings (SSSR count). The van der Waals surface area contributed by atoms with Gasteiger partial charge in [0.1, 0.15) is 5.82 Å². The van der Waals surface area contributed by atoms with Crippen LogP contribution in [0.4, 0.5) is 15.8 Å². The van der Waals surface area contributed by atoms with Crippen LogP contribution in [0.25, 0.3) is 0 Å². The number of hydrogen-bond acceptors (Lipinski definition) is 4. The number of hydrogen-bond donors (Lipinski definition) is 2. The highest BCUT2D eigenvalue weighted by Crippen LogP contribution is 2.21.